The fourth-order valence-electron chi connectivity index (χ4n) is 2.69. The molecule has 2 rings (SSSR count). The first-order valence-corrected chi connectivity index (χ1v) is 8.45. The number of unbranched alkanes of at least 4 members (excludes halogenated alkanes) is 6. The average molecular weight is 289 g/mol. The van der Waals surface area contributed by atoms with Crippen LogP contribution < -0.4 is 0 Å². The fourth-order valence-corrected chi connectivity index (χ4v) is 2.69. The molecule has 0 amide bonds. The van der Waals surface area contributed by atoms with Crippen LogP contribution in [0.15, 0.2) is 10.8 Å². The van der Waals surface area contributed by atoms with Gasteiger partial charge in [-0.2, -0.15) is 0 Å². The van der Waals surface area contributed by atoms with E-state index in [-0.39, 0.29) is 0 Å². The van der Waals surface area contributed by atoms with Crippen LogP contribution >= 0.6 is 0 Å². The predicted molar refractivity (Wildman–Crippen MR) is 85.3 cm³/mol. The lowest BCUT2D eigenvalue weighted by molar-refractivity contribution is 0.315. The van der Waals surface area contributed by atoms with Gasteiger partial charge in [0.1, 0.15) is 5.52 Å². The summed E-state index contributed by atoms with van der Waals surface area (Å²) in [6.45, 7) is 4.46. The maximum Gasteiger partial charge on any atom is 0.156 e. The summed E-state index contributed by atoms with van der Waals surface area (Å²) in [7, 11) is 0. The van der Waals surface area contributed by atoms with Gasteiger partial charge in [-0.05, 0) is 36.0 Å². The molecule has 2 aromatic heterocycles. The van der Waals surface area contributed by atoms with Crippen LogP contribution in [0.3, 0.4) is 0 Å². The number of fused-ring (bicyclic) bond motifs is 1. The Morgan fingerprint density at radius 1 is 0.810 bits per heavy atom. The van der Waals surface area contributed by atoms with Gasteiger partial charge in [-0.15, -0.1) is 0 Å². The van der Waals surface area contributed by atoms with E-state index < -0.39 is 0 Å². The number of hydrogen-bond acceptors (Lipinski definition) is 4. The molecule has 0 saturated carbocycles. The van der Waals surface area contributed by atoms with E-state index in [0.29, 0.717) is 0 Å². The second-order valence-electron chi connectivity index (χ2n) is 5.81. The van der Waals surface area contributed by atoms with Gasteiger partial charge in [-0.3, -0.25) is 4.98 Å². The quantitative estimate of drug-likeness (QED) is 0.586. The highest BCUT2D eigenvalue weighted by Gasteiger charge is 2.12. The monoisotopic (exact) mass is 289 g/mol. The van der Waals surface area contributed by atoms with Crippen molar-refractivity contribution < 1.29 is 4.63 Å². The zero-order valence-electron chi connectivity index (χ0n) is 13.4. The summed E-state index contributed by atoms with van der Waals surface area (Å²) >= 11 is 0. The molecule has 116 valence electrons. The Morgan fingerprint density at radius 3 is 2.19 bits per heavy atom. The van der Waals surface area contributed by atoms with Gasteiger partial charge in [0, 0.05) is 11.8 Å². The third-order valence-electron chi connectivity index (χ3n) is 4.01. The van der Waals surface area contributed by atoms with E-state index in [1.807, 2.05) is 6.20 Å². The van der Waals surface area contributed by atoms with Gasteiger partial charge in [0.15, 0.2) is 5.52 Å². The lowest BCUT2D eigenvalue weighted by Crippen LogP contribution is -1.97. The average Bonchev–Trinajstić information content (AvgIpc) is 2.99. The van der Waals surface area contributed by atoms with Gasteiger partial charge < -0.3 is 0 Å². The first kappa shape index (κ1) is 15.9. The van der Waals surface area contributed by atoms with Crippen molar-refractivity contribution in [3.8, 4) is 0 Å². The van der Waals surface area contributed by atoms with E-state index in [1.165, 1.54) is 56.9 Å². The minimum Gasteiger partial charge on any atom is -0.258 e. The zero-order valence-corrected chi connectivity index (χ0v) is 13.4. The van der Waals surface area contributed by atoms with Crippen LogP contribution in [0.1, 0.15) is 76.5 Å². The lowest BCUT2D eigenvalue weighted by atomic mass is 10.0. The minimum atomic E-state index is 0.875. The summed E-state index contributed by atoms with van der Waals surface area (Å²) in [4.78, 5) is 4.61. The summed E-state index contributed by atoms with van der Waals surface area (Å²) < 4.78 is 4.96. The lowest BCUT2D eigenvalue weighted by Gasteiger charge is -2.04. The highest BCUT2D eigenvalue weighted by Crippen LogP contribution is 2.21. The molecule has 0 bridgehead atoms. The Morgan fingerprint density at radius 2 is 1.48 bits per heavy atom. The number of aromatic nitrogens is 3. The third-order valence-corrected chi connectivity index (χ3v) is 4.01. The third kappa shape index (κ3) is 4.51. The number of aryl methyl sites for hydroxylation is 2. The molecule has 0 aliphatic carbocycles. The molecular weight excluding hydrogens is 262 g/mol. The van der Waals surface area contributed by atoms with Crippen LogP contribution in [0.4, 0.5) is 0 Å². The van der Waals surface area contributed by atoms with Crippen molar-refractivity contribution in [2.75, 3.05) is 0 Å². The first-order chi connectivity index (χ1) is 10.4. The molecule has 0 atom stereocenters. The molecule has 0 radical (unpaired) electrons. The Bertz CT molecular complexity index is 490. The SMILES string of the molecule is CCCCCCc1cnc(CCCCCC)c2nonc12. The van der Waals surface area contributed by atoms with Crippen LogP contribution in [0.5, 0.6) is 0 Å². The van der Waals surface area contributed by atoms with Crippen LogP contribution in [-0.4, -0.2) is 15.3 Å². The Labute approximate surface area is 127 Å². The number of nitrogens with zero attached hydrogens (tertiary/aromatic N) is 3. The molecule has 0 aliphatic heterocycles. The topological polar surface area (TPSA) is 51.8 Å². The van der Waals surface area contributed by atoms with Crippen molar-refractivity contribution in [1.82, 2.24) is 15.3 Å². The van der Waals surface area contributed by atoms with E-state index in [1.54, 1.807) is 0 Å². The van der Waals surface area contributed by atoms with Crippen molar-refractivity contribution in [2.24, 2.45) is 0 Å². The van der Waals surface area contributed by atoms with Gasteiger partial charge in [-0.1, -0.05) is 52.4 Å². The minimum absolute atomic E-state index is 0.875. The van der Waals surface area contributed by atoms with E-state index in [2.05, 4.69) is 29.1 Å². The molecule has 4 heteroatoms. The summed E-state index contributed by atoms with van der Waals surface area (Å²) in [5, 5.41) is 8.17. The number of pyridine rings is 1. The van der Waals surface area contributed by atoms with E-state index in [0.717, 1.165) is 29.6 Å². The molecule has 0 saturated heterocycles. The standard InChI is InChI=1S/C17H27N3O/c1-3-5-7-9-11-14-13-18-15(12-10-8-6-4-2)17-16(14)19-21-20-17/h13H,3-12H2,1-2H3. The first-order valence-electron chi connectivity index (χ1n) is 8.45. The largest absolute Gasteiger partial charge is 0.258 e. The maximum absolute atomic E-state index is 4.96. The van der Waals surface area contributed by atoms with E-state index in [4.69, 9.17) is 4.63 Å². The van der Waals surface area contributed by atoms with Crippen LogP contribution in [-0.2, 0) is 12.8 Å². The van der Waals surface area contributed by atoms with Crippen LogP contribution in [0.25, 0.3) is 11.0 Å². The molecule has 4 nitrogen and oxygen atoms in total. The number of rotatable bonds is 10. The molecule has 0 aliphatic rings. The molecule has 0 N–H and O–H groups in total. The Balaban J connectivity index is 2.00. The smallest absolute Gasteiger partial charge is 0.156 e. The Kier molecular flexibility index (Phi) is 6.64. The fraction of sp³-hybridized carbons (Fsp3) is 0.706. The summed E-state index contributed by atoms with van der Waals surface area (Å²) in [5.41, 5.74) is 4.02. The van der Waals surface area contributed by atoms with Crippen molar-refractivity contribution in [1.29, 1.82) is 0 Å². The number of hydrogen-bond donors (Lipinski definition) is 0. The Hall–Kier alpha value is -1.45. The van der Waals surface area contributed by atoms with Gasteiger partial charge in [0.25, 0.3) is 0 Å². The molecule has 2 heterocycles. The molecule has 0 fully saturated rings. The van der Waals surface area contributed by atoms with E-state index in [9.17, 15) is 0 Å². The highest BCUT2D eigenvalue weighted by atomic mass is 16.6. The second-order valence-corrected chi connectivity index (χ2v) is 5.81. The molecule has 0 spiro atoms. The second kappa shape index (κ2) is 8.75. The van der Waals surface area contributed by atoms with Crippen molar-refractivity contribution in [2.45, 2.75) is 78.1 Å². The van der Waals surface area contributed by atoms with Crippen molar-refractivity contribution in [3.05, 3.63) is 17.5 Å². The summed E-state index contributed by atoms with van der Waals surface area (Å²) in [6.07, 6.45) is 13.9. The van der Waals surface area contributed by atoms with Gasteiger partial charge in [0.05, 0.1) is 5.69 Å². The van der Waals surface area contributed by atoms with Gasteiger partial charge >= 0.3 is 0 Å². The predicted octanol–water partition coefficient (Wildman–Crippen LogP) is 4.86. The summed E-state index contributed by atoms with van der Waals surface area (Å²) in [6, 6.07) is 0. The zero-order chi connectivity index (χ0) is 14.9. The van der Waals surface area contributed by atoms with Crippen LogP contribution in [0, 0.1) is 0 Å². The molecule has 0 unspecified atom stereocenters. The van der Waals surface area contributed by atoms with Gasteiger partial charge in [-0.25, -0.2) is 4.63 Å². The molecule has 0 aromatic carbocycles. The highest BCUT2D eigenvalue weighted by molar-refractivity contribution is 5.78. The van der Waals surface area contributed by atoms with Crippen molar-refractivity contribution in [3.63, 3.8) is 0 Å². The normalized spacial score (nSPS) is 11.3. The van der Waals surface area contributed by atoms with E-state index >= 15 is 0 Å². The van der Waals surface area contributed by atoms with Crippen molar-refractivity contribution >= 4 is 11.0 Å². The molecular formula is C17H27N3O. The molecule has 2 aromatic rings. The maximum atomic E-state index is 4.96. The van der Waals surface area contributed by atoms with Crippen LogP contribution in [0.2, 0.25) is 0 Å². The molecule has 21 heavy (non-hydrogen) atoms. The summed E-state index contributed by atoms with van der Waals surface area (Å²) in [5.74, 6) is 0. The van der Waals surface area contributed by atoms with Gasteiger partial charge in [0.2, 0.25) is 0 Å².